The predicted octanol–water partition coefficient (Wildman–Crippen LogP) is 3.58. The summed E-state index contributed by atoms with van der Waals surface area (Å²) in [7, 11) is 1.34. The number of nitrogens with zero attached hydrogens (tertiary/aromatic N) is 3. The molecule has 1 heterocycles. The Morgan fingerprint density at radius 2 is 1.70 bits per heavy atom. The molecular weight excluding hydrogens is 344 g/mol. The molecule has 0 aliphatic rings. The molecule has 0 aliphatic heterocycles. The molecule has 0 fully saturated rings. The highest BCUT2D eigenvalue weighted by molar-refractivity contribution is 5.93. The van der Waals surface area contributed by atoms with Gasteiger partial charge in [0.25, 0.3) is 5.91 Å². The summed E-state index contributed by atoms with van der Waals surface area (Å²) in [5.74, 6) is 0.569. The minimum absolute atomic E-state index is 0.0895. The van der Waals surface area contributed by atoms with Gasteiger partial charge in [0.15, 0.2) is 0 Å². The van der Waals surface area contributed by atoms with Gasteiger partial charge in [-0.1, -0.05) is 13.8 Å². The first-order valence-corrected chi connectivity index (χ1v) is 9.08. The quantitative estimate of drug-likeness (QED) is 0.715. The first kappa shape index (κ1) is 20.4. The molecule has 0 aliphatic carbocycles. The number of esters is 1. The number of aryl methyl sites for hydroxylation is 1. The Morgan fingerprint density at radius 3 is 2.26 bits per heavy atom. The van der Waals surface area contributed by atoms with Gasteiger partial charge < -0.3 is 15.0 Å². The van der Waals surface area contributed by atoms with Crippen LogP contribution in [0.1, 0.15) is 53.4 Å². The van der Waals surface area contributed by atoms with Crippen molar-refractivity contribution in [3.63, 3.8) is 0 Å². The van der Waals surface area contributed by atoms with Crippen LogP contribution in [0.5, 0.6) is 0 Å². The normalized spacial score (nSPS) is 10.4. The highest BCUT2D eigenvalue weighted by atomic mass is 16.5. The van der Waals surface area contributed by atoms with Gasteiger partial charge >= 0.3 is 5.97 Å². The monoisotopic (exact) mass is 370 g/mol. The van der Waals surface area contributed by atoms with E-state index in [0.29, 0.717) is 36.0 Å². The lowest BCUT2D eigenvalue weighted by molar-refractivity contribution is 0.0600. The van der Waals surface area contributed by atoms with E-state index in [1.54, 1.807) is 37.3 Å². The largest absolute Gasteiger partial charge is 0.465 e. The fourth-order valence-corrected chi connectivity index (χ4v) is 2.71. The fourth-order valence-electron chi connectivity index (χ4n) is 2.71. The van der Waals surface area contributed by atoms with Crippen LogP contribution in [0.3, 0.4) is 0 Å². The standard InChI is InChI=1S/C20H26N4O3/c1-5-11-24(12-6-2)19(25)17-13-18(22-14(3)21-17)23-16-9-7-15(8-10-16)20(26)27-4/h7-10,13H,5-6,11-12H2,1-4H3,(H,21,22,23). The first-order valence-electron chi connectivity index (χ1n) is 9.08. The van der Waals surface area contributed by atoms with Crippen LogP contribution in [0.25, 0.3) is 0 Å². The predicted molar refractivity (Wildman–Crippen MR) is 104 cm³/mol. The summed E-state index contributed by atoms with van der Waals surface area (Å²) in [6, 6.07) is 8.50. The molecule has 0 unspecified atom stereocenters. The molecule has 0 spiro atoms. The van der Waals surface area contributed by atoms with Crippen LogP contribution in [-0.4, -0.2) is 46.9 Å². The van der Waals surface area contributed by atoms with E-state index in [-0.39, 0.29) is 11.9 Å². The summed E-state index contributed by atoms with van der Waals surface area (Å²) in [4.78, 5) is 34.8. The summed E-state index contributed by atoms with van der Waals surface area (Å²) in [6.45, 7) is 7.26. The van der Waals surface area contributed by atoms with Crippen LogP contribution in [-0.2, 0) is 4.74 Å². The van der Waals surface area contributed by atoms with Crippen molar-refractivity contribution in [2.75, 3.05) is 25.5 Å². The van der Waals surface area contributed by atoms with Crippen molar-refractivity contribution in [3.8, 4) is 0 Å². The van der Waals surface area contributed by atoms with Crippen LogP contribution in [0.2, 0.25) is 0 Å². The van der Waals surface area contributed by atoms with E-state index in [0.717, 1.165) is 18.5 Å². The first-order chi connectivity index (χ1) is 13.0. The molecule has 2 aromatic rings. The summed E-state index contributed by atoms with van der Waals surface area (Å²) in [5, 5.41) is 3.15. The van der Waals surface area contributed by atoms with Crippen molar-refractivity contribution < 1.29 is 14.3 Å². The smallest absolute Gasteiger partial charge is 0.337 e. The Kier molecular flexibility index (Phi) is 7.28. The van der Waals surface area contributed by atoms with Crippen molar-refractivity contribution in [2.45, 2.75) is 33.6 Å². The maximum atomic E-state index is 12.8. The molecule has 0 bridgehead atoms. The number of carbonyl (C=O) groups excluding carboxylic acids is 2. The van der Waals surface area contributed by atoms with Gasteiger partial charge in [-0.15, -0.1) is 0 Å². The van der Waals surface area contributed by atoms with Crippen LogP contribution in [0, 0.1) is 6.92 Å². The lowest BCUT2D eigenvalue weighted by atomic mass is 10.2. The van der Waals surface area contributed by atoms with Crippen LogP contribution < -0.4 is 5.32 Å². The average molecular weight is 370 g/mol. The number of aromatic nitrogens is 2. The second kappa shape index (κ2) is 9.66. The Labute approximate surface area is 159 Å². The molecule has 0 radical (unpaired) electrons. The lowest BCUT2D eigenvalue weighted by Gasteiger charge is -2.21. The lowest BCUT2D eigenvalue weighted by Crippen LogP contribution is -2.33. The fraction of sp³-hybridized carbons (Fsp3) is 0.400. The molecule has 27 heavy (non-hydrogen) atoms. The number of hydrogen-bond donors (Lipinski definition) is 1. The molecule has 1 aromatic carbocycles. The van der Waals surface area contributed by atoms with Gasteiger partial charge in [0, 0.05) is 24.8 Å². The molecule has 1 amide bonds. The van der Waals surface area contributed by atoms with Crippen molar-refractivity contribution >= 4 is 23.4 Å². The zero-order valence-electron chi connectivity index (χ0n) is 16.3. The number of rotatable bonds is 8. The number of anilines is 2. The second-order valence-corrected chi connectivity index (χ2v) is 6.17. The summed E-state index contributed by atoms with van der Waals surface area (Å²) in [5.41, 5.74) is 1.59. The molecule has 1 aromatic heterocycles. The number of nitrogens with one attached hydrogen (secondary N) is 1. The summed E-state index contributed by atoms with van der Waals surface area (Å²) < 4.78 is 4.69. The minimum Gasteiger partial charge on any atom is -0.465 e. The van der Waals surface area contributed by atoms with Gasteiger partial charge in [0.2, 0.25) is 0 Å². The van der Waals surface area contributed by atoms with Gasteiger partial charge in [-0.25, -0.2) is 14.8 Å². The van der Waals surface area contributed by atoms with E-state index in [1.165, 1.54) is 7.11 Å². The molecule has 7 heteroatoms. The molecule has 0 saturated carbocycles. The number of methoxy groups -OCH3 is 1. The summed E-state index contributed by atoms with van der Waals surface area (Å²) in [6.07, 6.45) is 1.79. The zero-order chi connectivity index (χ0) is 19.8. The molecule has 1 N–H and O–H groups in total. The van der Waals surface area contributed by atoms with Gasteiger partial charge in [-0.05, 0) is 44.0 Å². The van der Waals surface area contributed by atoms with E-state index < -0.39 is 0 Å². The van der Waals surface area contributed by atoms with E-state index >= 15 is 0 Å². The Hall–Kier alpha value is -2.96. The molecule has 7 nitrogen and oxygen atoms in total. The number of benzene rings is 1. The Balaban J connectivity index is 2.21. The highest BCUT2D eigenvalue weighted by Gasteiger charge is 2.17. The minimum atomic E-state index is -0.390. The summed E-state index contributed by atoms with van der Waals surface area (Å²) >= 11 is 0. The number of carbonyl (C=O) groups is 2. The Bertz CT molecular complexity index is 784. The number of amides is 1. The van der Waals surface area contributed by atoms with Gasteiger partial charge in [-0.2, -0.15) is 0 Å². The Morgan fingerprint density at radius 1 is 1.07 bits per heavy atom. The third-order valence-electron chi connectivity index (χ3n) is 3.91. The maximum absolute atomic E-state index is 12.8. The molecule has 0 saturated heterocycles. The maximum Gasteiger partial charge on any atom is 0.337 e. The van der Waals surface area contributed by atoms with E-state index in [9.17, 15) is 9.59 Å². The average Bonchev–Trinajstić information content (AvgIpc) is 2.66. The van der Waals surface area contributed by atoms with Crippen LogP contribution in [0.15, 0.2) is 30.3 Å². The number of hydrogen-bond acceptors (Lipinski definition) is 6. The van der Waals surface area contributed by atoms with Crippen LogP contribution >= 0.6 is 0 Å². The van der Waals surface area contributed by atoms with Crippen LogP contribution in [0.4, 0.5) is 11.5 Å². The molecule has 144 valence electrons. The van der Waals surface area contributed by atoms with E-state index in [1.807, 2.05) is 18.7 Å². The van der Waals surface area contributed by atoms with E-state index in [4.69, 9.17) is 4.74 Å². The van der Waals surface area contributed by atoms with Crippen molar-refractivity contribution in [3.05, 3.63) is 47.4 Å². The third-order valence-corrected chi connectivity index (χ3v) is 3.91. The molecular formula is C20H26N4O3. The molecule has 2 rings (SSSR count). The van der Waals surface area contributed by atoms with Crippen molar-refractivity contribution in [1.29, 1.82) is 0 Å². The van der Waals surface area contributed by atoms with Crippen molar-refractivity contribution in [1.82, 2.24) is 14.9 Å². The zero-order valence-corrected chi connectivity index (χ0v) is 16.3. The second-order valence-electron chi connectivity index (χ2n) is 6.17. The molecule has 0 atom stereocenters. The van der Waals surface area contributed by atoms with Gasteiger partial charge in [0.05, 0.1) is 12.7 Å². The topological polar surface area (TPSA) is 84.4 Å². The van der Waals surface area contributed by atoms with Gasteiger partial charge in [0.1, 0.15) is 17.3 Å². The SMILES string of the molecule is CCCN(CCC)C(=O)c1cc(Nc2ccc(C(=O)OC)cc2)nc(C)n1. The van der Waals surface area contributed by atoms with Gasteiger partial charge in [-0.3, -0.25) is 4.79 Å². The number of ether oxygens (including phenoxy) is 1. The van der Waals surface area contributed by atoms with Crippen molar-refractivity contribution in [2.24, 2.45) is 0 Å². The third kappa shape index (κ3) is 5.51. The highest BCUT2D eigenvalue weighted by Crippen LogP contribution is 2.17. The van der Waals surface area contributed by atoms with E-state index in [2.05, 4.69) is 15.3 Å².